The van der Waals surface area contributed by atoms with Crippen molar-refractivity contribution in [3.63, 3.8) is 0 Å². The first-order chi connectivity index (χ1) is 11.7. The standard InChI is InChI=1S/C18H40N4O2.HI/c1-6-9-13-23-15-16-24-14-11-21-18(19-8-3)20-10-12-22(5)17(4)7-2;/h17H,6-16H2,1-5H3,(H2,19,20,21);1H. The molecule has 0 aromatic carbocycles. The third kappa shape index (κ3) is 17.1. The van der Waals surface area contributed by atoms with Gasteiger partial charge in [-0.1, -0.05) is 20.3 Å². The maximum absolute atomic E-state index is 5.55. The summed E-state index contributed by atoms with van der Waals surface area (Å²) in [6.07, 6.45) is 3.46. The molecule has 7 heteroatoms. The summed E-state index contributed by atoms with van der Waals surface area (Å²) in [6.45, 7) is 14.9. The van der Waals surface area contributed by atoms with Gasteiger partial charge in [0.1, 0.15) is 0 Å². The zero-order valence-corrected chi connectivity index (χ0v) is 19.3. The van der Waals surface area contributed by atoms with Crippen LogP contribution in [-0.2, 0) is 9.47 Å². The monoisotopic (exact) mass is 472 g/mol. The SMILES string of the molecule is CCCCOCCOCCNC(=NCCN(C)C(C)CC)NCC.I. The second-order valence-electron chi connectivity index (χ2n) is 6.00. The molecule has 0 saturated heterocycles. The van der Waals surface area contributed by atoms with Gasteiger partial charge in [-0.15, -0.1) is 24.0 Å². The van der Waals surface area contributed by atoms with E-state index in [1.165, 1.54) is 6.42 Å². The molecule has 0 saturated carbocycles. The van der Waals surface area contributed by atoms with Crippen LogP contribution >= 0.6 is 24.0 Å². The molecular weight excluding hydrogens is 431 g/mol. The Bertz CT molecular complexity index is 307. The minimum Gasteiger partial charge on any atom is -0.379 e. The number of unbranched alkanes of at least 4 members (excludes halogenated alkanes) is 1. The number of hydrogen-bond acceptors (Lipinski definition) is 4. The van der Waals surface area contributed by atoms with Crippen molar-refractivity contribution in [2.24, 2.45) is 4.99 Å². The normalized spacial score (nSPS) is 12.8. The third-order valence-corrected chi connectivity index (χ3v) is 3.96. The van der Waals surface area contributed by atoms with E-state index in [0.29, 0.717) is 25.9 Å². The first-order valence-corrected chi connectivity index (χ1v) is 9.53. The van der Waals surface area contributed by atoms with Crippen LogP contribution in [0.4, 0.5) is 0 Å². The van der Waals surface area contributed by atoms with Gasteiger partial charge < -0.3 is 25.0 Å². The number of aliphatic imine (C=N–C) groups is 1. The second-order valence-corrected chi connectivity index (χ2v) is 6.00. The minimum atomic E-state index is 0. The molecule has 0 aliphatic carbocycles. The highest BCUT2D eigenvalue weighted by Gasteiger charge is 2.05. The van der Waals surface area contributed by atoms with Gasteiger partial charge in [0, 0.05) is 32.3 Å². The summed E-state index contributed by atoms with van der Waals surface area (Å²) >= 11 is 0. The van der Waals surface area contributed by atoms with Crippen molar-refractivity contribution in [1.82, 2.24) is 15.5 Å². The molecule has 0 bridgehead atoms. The number of nitrogens with zero attached hydrogens (tertiary/aromatic N) is 2. The van der Waals surface area contributed by atoms with E-state index in [-0.39, 0.29) is 24.0 Å². The Morgan fingerprint density at radius 1 is 1.04 bits per heavy atom. The van der Waals surface area contributed by atoms with Gasteiger partial charge in [-0.3, -0.25) is 4.99 Å². The van der Waals surface area contributed by atoms with Crippen LogP contribution in [0.2, 0.25) is 0 Å². The van der Waals surface area contributed by atoms with Crippen molar-refractivity contribution in [2.75, 3.05) is 59.7 Å². The summed E-state index contributed by atoms with van der Waals surface area (Å²) in [5.41, 5.74) is 0. The fraction of sp³-hybridized carbons (Fsp3) is 0.944. The Morgan fingerprint density at radius 2 is 1.72 bits per heavy atom. The molecule has 0 fully saturated rings. The van der Waals surface area contributed by atoms with Crippen molar-refractivity contribution in [3.8, 4) is 0 Å². The Morgan fingerprint density at radius 3 is 2.32 bits per heavy atom. The summed E-state index contributed by atoms with van der Waals surface area (Å²) < 4.78 is 11.0. The number of guanidine groups is 1. The molecular formula is C18H41IN4O2. The molecule has 0 rings (SSSR count). The third-order valence-electron chi connectivity index (χ3n) is 3.96. The largest absolute Gasteiger partial charge is 0.379 e. The highest BCUT2D eigenvalue weighted by Crippen LogP contribution is 1.98. The summed E-state index contributed by atoms with van der Waals surface area (Å²) in [7, 11) is 2.15. The van der Waals surface area contributed by atoms with E-state index in [4.69, 9.17) is 9.47 Å². The van der Waals surface area contributed by atoms with Crippen LogP contribution in [-0.4, -0.2) is 76.6 Å². The fourth-order valence-electron chi connectivity index (χ4n) is 2.00. The van der Waals surface area contributed by atoms with Gasteiger partial charge in [0.2, 0.25) is 0 Å². The van der Waals surface area contributed by atoms with E-state index >= 15 is 0 Å². The summed E-state index contributed by atoms with van der Waals surface area (Å²) in [6, 6.07) is 0.601. The highest BCUT2D eigenvalue weighted by molar-refractivity contribution is 14.0. The number of nitrogens with one attached hydrogen (secondary N) is 2. The van der Waals surface area contributed by atoms with E-state index in [1.807, 2.05) is 0 Å². The van der Waals surface area contributed by atoms with Crippen LogP contribution in [0.25, 0.3) is 0 Å². The van der Waals surface area contributed by atoms with Crippen LogP contribution in [0.5, 0.6) is 0 Å². The minimum absolute atomic E-state index is 0. The zero-order valence-electron chi connectivity index (χ0n) is 17.0. The quantitative estimate of drug-likeness (QED) is 0.166. The molecule has 0 aliphatic heterocycles. The predicted octanol–water partition coefficient (Wildman–Crippen LogP) is 2.72. The number of likely N-dealkylation sites (N-methyl/N-ethyl adjacent to an activating group) is 1. The van der Waals surface area contributed by atoms with Crippen molar-refractivity contribution in [1.29, 1.82) is 0 Å². The average molecular weight is 472 g/mol. The molecule has 0 heterocycles. The highest BCUT2D eigenvalue weighted by atomic mass is 127. The number of rotatable bonds is 15. The molecule has 0 aromatic heterocycles. The van der Waals surface area contributed by atoms with Gasteiger partial charge in [-0.05, 0) is 33.7 Å². The summed E-state index contributed by atoms with van der Waals surface area (Å²) in [5, 5.41) is 6.57. The van der Waals surface area contributed by atoms with E-state index in [1.54, 1.807) is 0 Å². The van der Waals surface area contributed by atoms with E-state index < -0.39 is 0 Å². The Hall–Kier alpha value is -0.120. The van der Waals surface area contributed by atoms with Crippen LogP contribution in [0.15, 0.2) is 4.99 Å². The molecule has 0 radical (unpaired) electrons. The smallest absolute Gasteiger partial charge is 0.191 e. The number of halogens is 1. The second kappa shape index (κ2) is 20.2. The summed E-state index contributed by atoms with van der Waals surface area (Å²) in [5.74, 6) is 0.859. The first-order valence-electron chi connectivity index (χ1n) is 9.53. The molecule has 0 aromatic rings. The van der Waals surface area contributed by atoms with Crippen LogP contribution in [0.1, 0.15) is 47.0 Å². The lowest BCUT2D eigenvalue weighted by molar-refractivity contribution is 0.0487. The van der Waals surface area contributed by atoms with E-state index in [2.05, 4.69) is 55.3 Å². The Kier molecular flexibility index (Phi) is 21.9. The lowest BCUT2D eigenvalue weighted by Crippen LogP contribution is -2.40. The topological polar surface area (TPSA) is 58.1 Å². The van der Waals surface area contributed by atoms with Gasteiger partial charge >= 0.3 is 0 Å². The van der Waals surface area contributed by atoms with Crippen molar-refractivity contribution < 1.29 is 9.47 Å². The van der Waals surface area contributed by atoms with Crippen molar-refractivity contribution >= 4 is 29.9 Å². The van der Waals surface area contributed by atoms with Gasteiger partial charge in [0.15, 0.2) is 5.96 Å². The van der Waals surface area contributed by atoms with E-state index in [0.717, 1.165) is 51.6 Å². The van der Waals surface area contributed by atoms with Crippen LogP contribution < -0.4 is 10.6 Å². The molecule has 2 N–H and O–H groups in total. The van der Waals surface area contributed by atoms with Gasteiger partial charge in [-0.2, -0.15) is 0 Å². The Labute approximate surface area is 172 Å². The van der Waals surface area contributed by atoms with Crippen molar-refractivity contribution in [2.45, 2.75) is 53.0 Å². The van der Waals surface area contributed by atoms with E-state index in [9.17, 15) is 0 Å². The van der Waals surface area contributed by atoms with Crippen LogP contribution in [0.3, 0.4) is 0 Å². The molecule has 0 spiro atoms. The molecule has 152 valence electrons. The Balaban J connectivity index is 0. The molecule has 25 heavy (non-hydrogen) atoms. The van der Waals surface area contributed by atoms with Crippen molar-refractivity contribution in [3.05, 3.63) is 0 Å². The number of hydrogen-bond donors (Lipinski definition) is 2. The molecule has 1 atom stereocenters. The molecule has 0 amide bonds. The molecule has 6 nitrogen and oxygen atoms in total. The maximum Gasteiger partial charge on any atom is 0.191 e. The lowest BCUT2D eigenvalue weighted by atomic mass is 10.2. The van der Waals surface area contributed by atoms with Gasteiger partial charge in [0.05, 0.1) is 26.4 Å². The zero-order chi connectivity index (χ0) is 18.0. The maximum atomic E-state index is 5.55. The van der Waals surface area contributed by atoms with Gasteiger partial charge in [0.25, 0.3) is 0 Å². The molecule has 1 unspecified atom stereocenters. The van der Waals surface area contributed by atoms with Gasteiger partial charge in [-0.25, -0.2) is 0 Å². The average Bonchev–Trinajstić information content (AvgIpc) is 2.59. The lowest BCUT2D eigenvalue weighted by Gasteiger charge is -2.22. The summed E-state index contributed by atoms with van der Waals surface area (Å²) in [4.78, 5) is 6.95. The fourth-order valence-corrected chi connectivity index (χ4v) is 2.00. The predicted molar refractivity (Wildman–Crippen MR) is 118 cm³/mol. The molecule has 0 aliphatic rings. The van der Waals surface area contributed by atoms with Crippen LogP contribution in [0, 0.1) is 0 Å². The first kappa shape index (κ1) is 27.1. The number of ether oxygens (including phenoxy) is 2.